The maximum absolute atomic E-state index is 13.1. The fourth-order valence-corrected chi connectivity index (χ4v) is 4.22. The van der Waals surface area contributed by atoms with Crippen molar-refractivity contribution < 1.29 is 17.9 Å². The molecule has 1 aromatic heterocycles. The van der Waals surface area contributed by atoms with Gasteiger partial charge in [0.05, 0.1) is 28.7 Å². The van der Waals surface area contributed by atoms with Gasteiger partial charge in [0.25, 0.3) is 10.0 Å². The number of ether oxygens (including phenoxy) is 1. The molecule has 0 aliphatic carbocycles. The molecule has 9 heteroatoms. The van der Waals surface area contributed by atoms with Crippen LogP contribution in [0, 0.1) is 0 Å². The molecule has 0 saturated heterocycles. The van der Waals surface area contributed by atoms with E-state index in [1.807, 2.05) is 6.07 Å². The molecule has 0 atom stereocenters. The summed E-state index contributed by atoms with van der Waals surface area (Å²) >= 11 is 0. The van der Waals surface area contributed by atoms with Crippen molar-refractivity contribution in [3.63, 3.8) is 0 Å². The quantitative estimate of drug-likeness (QED) is 0.498. The number of carbonyl (C=O) groups excluding carboxylic acids is 1. The monoisotopic (exact) mass is 436 g/mol. The van der Waals surface area contributed by atoms with Crippen LogP contribution in [0.5, 0.6) is 5.75 Å². The fourth-order valence-electron chi connectivity index (χ4n) is 3.20. The number of benzene rings is 3. The summed E-state index contributed by atoms with van der Waals surface area (Å²) in [5.41, 5.74) is 1.61. The summed E-state index contributed by atoms with van der Waals surface area (Å²) in [5, 5.41) is 0. The minimum Gasteiger partial charge on any atom is -0.497 e. The zero-order chi connectivity index (χ0) is 22.0. The number of fused-ring (bicyclic) bond motifs is 1. The van der Waals surface area contributed by atoms with Gasteiger partial charge >= 0.3 is 0 Å². The highest BCUT2D eigenvalue weighted by atomic mass is 32.2. The zero-order valence-corrected chi connectivity index (χ0v) is 17.7. The Balaban J connectivity index is 1.86. The summed E-state index contributed by atoms with van der Waals surface area (Å²) in [6, 6.07) is 22.0. The molecule has 0 fully saturated rings. The third-order valence-electron chi connectivity index (χ3n) is 4.65. The molecular weight excluding hydrogens is 416 g/mol. The predicted octanol–water partition coefficient (Wildman–Crippen LogP) is 3.66. The van der Waals surface area contributed by atoms with Crippen LogP contribution in [0.4, 0.5) is 11.6 Å². The number of sulfonamides is 1. The number of hydrogen-bond acceptors (Lipinski definition) is 5. The van der Waals surface area contributed by atoms with Crippen LogP contribution in [0.3, 0.4) is 0 Å². The predicted molar refractivity (Wildman–Crippen MR) is 119 cm³/mol. The Morgan fingerprint density at radius 3 is 2.26 bits per heavy atom. The molecule has 1 heterocycles. The molecule has 4 rings (SSSR count). The van der Waals surface area contributed by atoms with Gasteiger partial charge in [-0.25, -0.2) is 19.4 Å². The van der Waals surface area contributed by atoms with Gasteiger partial charge in [-0.3, -0.25) is 4.79 Å². The Kier molecular flexibility index (Phi) is 5.35. The van der Waals surface area contributed by atoms with E-state index in [9.17, 15) is 13.2 Å². The number of anilines is 2. The number of rotatable bonds is 6. The van der Waals surface area contributed by atoms with E-state index in [0.717, 1.165) is 0 Å². The molecule has 1 N–H and O–H groups in total. The second-order valence-corrected chi connectivity index (χ2v) is 8.36. The number of hydrogen-bond donors (Lipinski definition) is 1. The molecule has 4 aromatic rings. The van der Waals surface area contributed by atoms with Gasteiger partial charge in [-0.15, -0.1) is 0 Å². The zero-order valence-electron chi connectivity index (χ0n) is 16.9. The maximum Gasteiger partial charge on any atom is 0.275 e. The summed E-state index contributed by atoms with van der Waals surface area (Å²) < 4.78 is 32.6. The second-order valence-electron chi connectivity index (χ2n) is 6.70. The van der Waals surface area contributed by atoms with Gasteiger partial charge in [0.1, 0.15) is 5.75 Å². The number of para-hydroxylation sites is 3. The van der Waals surface area contributed by atoms with Gasteiger partial charge in [-0.2, -0.15) is 8.42 Å². The van der Waals surface area contributed by atoms with Crippen LogP contribution in [0.15, 0.2) is 83.8 Å². The number of aromatic nitrogens is 2. The van der Waals surface area contributed by atoms with Crippen molar-refractivity contribution in [2.24, 2.45) is 0 Å². The van der Waals surface area contributed by atoms with Gasteiger partial charge in [0.15, 0.2) is 0 Å². The van der Waals surface area contributed by atoms with E-state index in [0.29, 0.717) is 22.5 Å². The molecular formula is C22H20N4O4S. The van der Waals surface area contributed by atoms with Gasteiger partial charge in [0.2, 0.25) is 11.9 Å². The normalized spacial score (nSPS) is 11.3. The molecule has 8 nitrogen and oxygen atoms in total. The lowest BCUT2D eigenvalue weighted by molar-refractivity contribution is -0.115. The van der Waals surface area contributed by atoms with Gasteiger partial charge < -0.3 is 4.74 Å². The van der Waals surface area contributed by atoms with Crippen LogP contribution in [-0.4, -0.2) is 31.1 Å². The van der Waals surface area contributed by atoms with Crippen molar-refractivity contribution >= 4 is 38.6 Å². The van der Waals surface area contributed by atoms with E-state index in [2.05, 4.69) is 9.82 Å². The molecule has 3 aromatic carbocycles. The first-order valence-corrected chi connectivity index (χ1v) is 10.9. The van der Waals surface area contributed by atoms with Crippen LogP contribution in [0.1, 0.15) is 6.92 Å². The highest BCUT2D eigenvalue weighted by Gasteiger charge is 2.25. The maximum atomic E-state index is 13.1. The third-order valence-corrected chi connectivity index (χ3v) is 5.97. The van der Waals surface area contributed by atoms with Crippen LogP contribution < -0.4 is 14.5 Å². The number of carbonyl (C=O) groups is 1. The third kappa shape index (κ3) is 3.95. The van der Waals surface area contributed by atoms with Crippen LogP contribution in [-0.2, 0) is 14.8 Å². The van der Waals surface area contributed by atoms with Crippen molar-refractivity contribution in [2.45, 2.75) is 11.8 Å². The number of imidazole rings is 1. The Labute approximate surface area is 179 Å². The molecule has 0 bridgehead atoms. The molecule has 0 saturated carbocycles. The van der Waals surface area contributed by atoms with Crippen molar-refractivity contribution in [2.75, 3.05) is 16.8 Å². The van der Waals surface area contributed by atoms with E-state index in [-0.39, 0.29) is 16.8 Å². The summed E-state index contributed by atoms with van der Waals surface area (Å²) in [6.07, 6.45) is 0. The minimum atomic E-state index is -3.98. The summed E-state index contributed by atoms with van der Waals surface area (Å²) in [6.45, 7) is 1.40. The second kappa shape index (κ2) is 8.11. The first-order valence-electron chi connectivity index (χ1n) is 9.41. The van der Waals surface area contributed by atoms with Crippen LogP contribution in [0.25, 0.3) is 11.0 Å². The molecule has 0 unspecified atom stereocenters. The Morgan fingerprint density at radius 1 is 0.968 bits per heavy atom. The molecule has 0 radical (unpaired) electrons. The van der Waals surface area contributed by atoms with Gasteiger partial charge in [-0.1, -0.05) is 30.3 Å². The topological polar surface area (TPSA) is 93.5 Å². The molecule has 1 amide bonds. The average Bonchev–Trinajstić information content (AvgIpc) is 3.12. The van der Waals surface area contributed by atoms with E-state index in [1.54, 1.807) is 60.7 Å². The van der Waals surface area contributed by atoms with Crippen LogP contribution >= 0.6 is 0 Å². The number of amides is 1. The smallest absolute Gasteiger partial charge is 0.275 e. The summed E-state index contributed by atoms with van der Waals surface area (Å²) in [7, 11) is -2.48. The van der Waals surface area contributed by atoms with Crippen molar-refractivity contribution in [3.05, 3.63) is 78.9 Å². The molecule has 158 valence electrons. The Hall–Kier alpha value is -3.85. The van der Waals surface area contributed by atoms with E-state index in [4.69, 9.17) is 4.74 Å². The fraction of sp³-hybridized carbons (Fsp3) is 0.0909. The highest BCUT2D eigenvalue weighted by Crippen LogP contribution is 2.29. The number of methoxy groups -OCH3 is 1. The van der Waals surface area contributed by atoms with E-state index >= 15 is 0 Å². The molecule has 0 aliphatic rings. The standard InChI is InChI=1S/C22H20N4O4S/c1-16(27)25(17-8-4-3-5-9-17)22-23-20-10-6-7-11-21(20)26(22)24-31(28,29)19-14-12-18(30-2)13-15-19/h3-15,24H,1-2H3. The van der Waals surface area contributed by atoms with E-state index in [1.165, 1.54) is 35.7 Å². The Bertz CT molecular complexity index is 1330. The van der Waals surface area contributed by atoms with Crippen molar-refractivity contribution in [1.29, 1.82) is 0 Å². The first kappa shape index (κ1) is 20.4. The largest absolute Gasteiger partial charge is 0.497 e. The first-order chi connectivity index (χ1) is 14.9. The molecule has 0 spiro atoms. The van der Waals surface area contributed by atoms with E-state index < -0.39 is 10.0 Å². The highest BCUT2D eigenvalue weighted by molar-refractivity contribution is 7.92. The van der Waals surface area contributed by atoms with Gasteiger partial charge in [0, 0.05) is 6.92 Å². The lowest BCUT2D eigenvalue weighted by Gasteiger charge is -2.22. The minimum absolute atomic E-state index is 0.0473. The lowest BCUT2D eigenvalue weighted by Crippen LogP contribution is -2.31. The van der Waals surface area contributed by atoms with Gasteiger partial charge in [-0.05, 0) is 48.5 Å². The van der Waals surface area contributed by atoms with Crippen molar-refractivity contribution in [3.8, 4) is 5.75 Å². The SMILES string of the molecule is COc1ccc(S(=O)(=O)Nn2c(N(C(C)=O)c3ccccc3)nc3ccccc32)cc1. The molecule has 31 heavy (non-hydrogen) atoms. The number of nitrogens with one attached hydrogen (secondary N) is 1. The lowest BCUT2D eigenvalue weighted by atomic mass is 10.3. The Morgan fingerprint density at radius 2 is 1.61 bits per heavy atom. The summed E-state index contributed by atoms with van der Waals surface area (Å²) in [4.78, 5) is 21.1. The number of nitrogens with zero attached hydrogens (tertiary/aromatic N) is 3. The molecule has 0 aliphatic heterocycles. The van der Waals surface area contributed by atoms with Crippen LogP contribution in [0.2, 0.25) is 0 Å². The van der Waals surface area contributed by atoms with Crippen molar-refractivity contribution in [1.82, 2.24) is 9.66 Å². The average molecular weight is 436 g/mol. The summed E-state index contributed by atoms with van der Waals surface area (Å²) in [5.74, 6) is 0.364.